The zero-order chi connectivity index (χ0) is 16.9. The van der Waals surface area contributed by atoms with Gasteiger partial charge in [0.25, 0.3) is 0 Å². The van der Waals surface area contributed by atoms with E-state index in [0.717, 1.165) is 31.9 Å². The monoisotopic (exact) mass is 350 g/mol. The zero-order valence-corrected chi connectivity index (χ0v) is 15.3. The summed E-state index contributed by atoms with van der Waals surface area (Å²) >= 11 is 1.80. The van der Waals surface area contributed by atoms with Gasteiger partial charge in [-0.25, -0.2) is 4.98 Å². The third-order valence-electron chi connectivity index (χ3n) is 5.68. The van der Waals surface area contributed by atoms with Crippen LogP contribution in [0.3, 0.4) is 0 Å². The van der Waals surface area contributed by atoms with Crippen LogP contribution in [0.1, 0.15) is 30.1 Å². The van der Waals surface area contributed by atoms with Crippen LogP contribution in [0.5, 0.6) is 0 Å². The van der Waals surface area contributed by atoms with E-state index in [9.17, 15) is 0 Å². The summed E-state index contributed by atoms with van der Waals surface area (Å²) < 4.78 is 2.46. The quantitative estimate of drug-likeness (QED) is 0.719. The van der Waals surface area contributed by atoms with Crippen LogP contribution < -0.4 is 0 Å². The lowest BCUT2D eigenvalue weighted by molar-refractivity contribution is 0.296. The van der Waals surface area contributed by atoms with E-state index in [1.165, 1.54) is 34.9 Å². The van der Waals surface area contributed by atoms with E-state index >= 15 is 0 Å². The standard InChI is InChI=1S/C20H22N4S/c1-15-4-2-5-16(22-15)13-23-9-7-20(14-23)8-10-24-17(12-21-19(20)24)18-6-3-11-25-18/h2-6,11-12H,7-10,13-14H2,1H3. The Balaban J connectivity index is 1.39. The summed E-state index contributed by atoms with van der Waals surface area (Å²) in [7, 11) is 0. The van der Waals surface area contributed by atoms with Gasteiger partial charge in [-0.3, -0.25) is 9.88 Å². The van der Waals surface area contributed by atoms with E-state index in [-0.39, 0.29) is 5.41 Å². The van der Waals surface area contributed by atoms with Crippen molar-refractivity contribution in [2.24, 2.45) is 0 Å². The molecule has 3 aromatic rings. The highest BCUT2D eigenvalue weighted by atomic mass is 32.1. The summed E-state index contributed by atoms with van der Waals surface area (Å²) in [6.45, 7) is 6.34. The van der Waals surface area contributed by atoms with E-state index in [4.69, 9.17) is 4.98 Å². The highest BCUT2D eigenvalue weighted by Gasteiger charge is 2.46. The molecule has 0 saturated carbocycles. The summed E-state index contributed by atoms with van der Waals surface area (Å²) in [5.74, 6) is 1.30. The van der Waals surface area contributed by atoms with Gasteiger partial charge in [0.1, 0.15) is 5.82 Å². The molecular formula is C20H22N4S. The number of rotatable bonds is 3. The molecule has 0 bridgehead atoms. The first-order valence-electron chi connectivity index (χ1n) is 8.98. The first kappa shape index (κ1) is 15.3. The fourth-order valence-corrected chi connectivity index (χ4v) is 5.22. The molecule has 1 atom stereocenters. The molecule has 3 aromatic heterocycles. The average Bonchev–Trinajstić information content (AvgIpc) is 3.36. The Labute approximate surface area is 152 Å². The van der Waals surface area contributed by atoms with Crippen LogP contribution in [0.4, 0.5) is 0 Å². The molecule has 2 aliphatic heterocycles. The number of imidazole rings is 1. The molecule has 5 heterocycles. The van der Waals surface area contributed by atoms with E-state index in [2.05, 4.69) is 63.3 Å². The van der Waals surface area contributed by atoms with Crippen molar-refractivity contribution in [3.8, 4) is 10.6 Å². The number of nitrogens with zero attached hydrogens (tertiary/aromatic N) is 4. The number of aryl methyl sites for hydroxylation is 1. The summed E-state index contributed by atoms with van der Waals surface area (Å²) in [6.07, 6.45) is 4.50. The van der Waals surface area contributed by atoms with E-state index < -0.39 is 0 Å². The fourth-order valence-electron chi connectivity index (χ4n) is 4.48. The Morgan fingerprint density at radius 3 is 2.92 bits per heavy atom. The average molecular weight is 350 g/mol. The fraction of sp³-hybridized carbons (Fsp3) is 0.400. The summed E-state index contributed by atoms with van der Waals surface area (Å²) in [4.78, 5) is 13.4. The third-order valence-corrected chi connectivity index (χ3v) is 6.57. The van der Waals surface area contributed by atoms with Crippen LogP contribution in [0.2, 0.25) is 0 Å². The Bertz CT molecular complexity index is 898. The minimum absolute atomic E-state index is 0.235. The number of thiophene rings is 1. The van der Waals surface area contributed by atoms with Gasteiger partial charge in [0.2, 0.25) is 0 Å². The summed E-state index contributed by atoms with van der Waals surface area (Å²) in [5.41, 5.74) is 3.81. The van der Waals surface area contributed by atoms with Crippen molar-refractivity contribution >= 4 is 11.3 Å². The van der Waals surface area contributed by atoms with Crippen molar-refractivity contribution in [2.75, 3.05) is 13.1 Å². The molecule has 0 radical (unpaired) electrons. The molecule has 1 unspecified atom stereocenters. The van der Waals surface area contributed by atoms with Gasteiger partial charge < -0.3 is 4.57 Å². The van der Waals surface area contributed by atoms with Crippen LogP contribution >= 0.6 is 11.3 Å². The third kappa shape index (κ3) is 2.53. The minimum Gasteiger partial charge on any atom is -0.327 e. The lowest BCUT2D eigenvalue weighted by Crippen LogP contribution is -2.29. The van der Waals surface area contributed by atoms with Gasteiger partial charge in [0, 0.05) is 30.7 Å². The number of aromatic nitrogens is 3. The number of hydrogen-bond acceptors (Lipinski definition) is 4. The van der Waals surface area contributed by atoms with Crippen LogP contribution in [-0.4, -0.2) is 32.5 Å². The number of likely N-dealkylation sites (tertiary alicyclic amines) is 1. The van der Waals surface area contributed by atoms with Gasteiger partial charge in [0.05, 0.1) is 22.5 Å². The highest BCUT2D eigenvalue weighted by Crippen LogP contribution is 2.44. The number of pyridine rings is 1. The van der Waals surface area contributed by atoms with Crippen molar-refractivity contribution in [2.45, 2.75) is 38.3 Å². The second kappa shape index (κ2) is 5.78. The van der Waals surface area contributed by atoms with Crippen molar-refractivity contribution < 1.29 is 0 Å². The lowest BCUT2D eigenvalue weighted by Gasteiger charge is -2.22. The second-order valence-corrected chi connectivity index (χ2v) is 8.30. The molecular weight excluding hydrogens is 328 g/mol. The number of fused-ring (bicyclic) bond motifs is 2. The van der Waals surface area contributed by atoms with Gasteiger partial charge in [-0.05, 0) is 49.9 Å². The largest absolute Gasteiger partial charge is 0.327 e. The van der Waals surface area contributed by atoms with Crippen LogP contribution in [0.15, 0.2) is 41.9 Å². The summed E-state index contributed by atoms with van der Waals surface area (Å²) in [6, 6.07) is 10.6. The molecule has 0 aromatic carbocycles. The van der Waals surface area contributed by atoms with Gasteiger partial charge in [-0.15, -0.1) is 11.3 Å². The van der Waals surface area contributed by atoms with Gasteiger partial charge in [-0.2, -0.15) is 0 Å². The maximum absolute atomic E-state index is 4.87. The molecule has 5 rings (SSSR count). The van der Waals surface area contributed by atoms with E-state index in [1.54, 1.807) is 11.3 Å². The topological polar surface area (TPSA) is 34.0 Å². The second-order valence-electron chi connectivity index (χ2n) is 7.36. The molecule has 1 saturated heterocycles. The van der Waals surface area contributed by atoms with Crippen molar-refractivity contribution in [3.05, 3.63) is 59.1 Å². The lowest BCUT2D eigenvalue weighted by atomic mass is 9.85. The van der Waals surface area contributed by atoms with Gasteiger partial charge >= 0.3 is 0 Å². The molecule has 1 fully saturated rings. The van der Waals surface area contributed by atoms with Crippen LogP contribution in [-0.2, 0) is 18.5 Å². The molecule has 25 heavy (non-hydrogen) atoms. The van der Waals surface area contributed by atoms with Gasteiger partial charge in [-0.1, -0.05) is 12.1 Å². The molecule has 4 nitrogen and oxygen atoms in total. The van der Waals surface area contributed by atoms with Gasteiger partial charge in [0.15, 0.2) is 0 Å². The predicted molar refractivity (Wildman–Crippen MR) is 101 cm³/mol. The predicted octanol–water partition coefficient (Wildman–Crippen LogP) is 3.86. The van der Waals surface area contributed by atoms with E-state index in [0.29, 0.717) is 0 Å². The maximum atomic E-state index is 4.87. The Morgan fingerprint density at radius 1 is 1.16 bits per heavy atom. The SMILES string of the molecule is Cc1cccc(CN2CCC3(CCn4c(-c5cccs5)cnc43)C2)n1. The first-order valence-corrected chi connectivity index (χ1v) is 9.86. The molecule has 0 N–H and O–H groups in total. The molecule has 1 spiro atoms. The molecule has 5 heteroatoms. The smallest absolute Gasteiger partial charge is 0.116 e. The van der Waals surface area contributed by atoms with Crippen molar-refractivity contribution in [1.82, 2.24) is 19.4 Å². The Hall–Kier alpha value is -1.98. The Kier molecular flexibility index (Phi) is 3.54. The normalized spacial score (nSPS) is 22.8. The zero-order valence-electron chi connectivity index (χ0n) is 14.5. The van der Waals surface area contributed by atoms with Crippen LogP contribution in [0, 0.1) is 6.92 Å². The number of hydrogen-bond donors (Lipinski definition) is 0. The molecule has 0 aliphatic carbocycles. The van der Waals surface area contributed by atoms with Crippen LogP contribution in [0.25, 0.3) is 10.6 Å². The van der Waals surface area contributed by atoms with Crippen molar-refractivity contribution in [1.29, 1.82) is 0 Å². The van der Waals surface area contributed by atoms with Crippen molar-refractivity contribution in [3.63, 3.8) is 0 Å². The Morgan fingerprint density at radius 2 is 2.08 bits per heavy atom. The minimum atomic E-state index is 0.235. The first-order chi connectivity index (χ1) is 12.2. The highest BCUT2D eigenvalue weighted by molar-refractivity contribution is 7.13. The van der Waals surface area contributed by atoms with E-state index in [1.807, 2.05) is 0 Å². The molecule has 128 valence electrons. The molecule has 0 amide bonds. The molecule has 2 aliphatic rings. The maximum Gasteiger partial charge on any atom is 0.116 e. The summed E-state index contributed by atoms with van der Waals surface area (Å²) in [5, 5.41) is 2.14.